The SMILES string of the molecule is COC(=O)CSc1ncc(CNC2CC2)cn1. The van der Waals surface area contributed by atoms with E-state index in [0.717, 1.165) is 12.1 Å². The van der Waals surface area contributed by atoms with Crippen molar-refractivity contribution in [1.29, 1.82) is 0 Å². The molecule has 17 heavy (non-hydrogen) atoms. The molecule has 5 nitrogen and oxygen atoms in total. The highest BCUT2D eigenvalue weighted by molar-refractivity contribution is 7.99. The van der Waals surface area contributed by atoms with Gasteiger partial charge in [0.15, 0.2) is 5.16 Å². The maximum absolute atomic E-state index is 10.9. The lowest BCUT2D eigenvalue weighted by Crippen LogP contribution is -2.15. The van der Waals surface area contributed by atoms with Crippen molar-refractivity contribution in [2.24, 2.45) is 0 Å². The third-order valence-corrected chi connectivity index (χ3v) is 3.25. The van der Waals surface area contributed by atoms with E-state index in [9.17, 15) is 4.79 Å². The lowest BCUT2D eigenvalue weighted by atomic mass is 10.3. The molecule has 0 atom stereocenters. The van der Waals surface area contributed by atoms with Gasteiger partial charge in [0.2, 0.25) is 0 Å². The summed E-state index contributed by atoms with van der Waals surface area (Å²) in [4.78, 5) is 19.3. The van der Waals surface area contributed by atoms with Crippen LogP contribution < -0.4 is 5.32 Å². The summed E-state index contributed by atoms with van der Waals surface area (Å²) in [5, 5.41) is 3.99. The van der Waals surface area contributed by atoms with Gasteiger partial charge in [0.25, 0.3) is 0 Å². The number of hydrogen-bond donors (Lipinski definition) is 1. The molecule has 2 rings (SSSR count). The zero-order chi connectivity index (χ0) is 12.1. The zero-order valence-electron chi connectivity index (χ0n) is 9.68. The molecular weight excluding hydrogens is 238 g/mol. The van der Waals surface area contributed by atoms with Crippen LogP contribution >= 0.6 is 11.8 Å². The minimum Gasteiger partial charge on any atom is -0.468 e. The first kappa shape index (κ1) is 12.3. The minimum atomic E-state index is -0.266. The van der Waals surface area contributed by atoms with Gasteiger partial charge in [-0.25, -0.2) is 9.97 Å². The molecule has 1 saturated carbocycles. The van der Waals surface area contributed by atoms with Crippen molar-refractivity contribution in [2.75, 3.05) is 12.9 Å². The monoisotopic (exact) mass is 253 g/mol. The summed E-state index contributed by atoms with van der Waals surface area (Å²) >= 11 is 1.28. The molecule has 1 aliphatic rings. The molecular formula is C11H15N3O2S. The molecule has 0 spiro atoms. The summed E-state index contributed by atoms with van der Waals surface area (Å²) in [7, 11) is 1.37. The highest BCUT2D eigenvalue weighted by atomic mass is 32.2. The second-order valence-electron chi connectivity index (χ2n) is 3.89. The molecule has 1 N–H and O–H groups in total. The van der Waals surface area contributed by atoms with Gasteiger partial charge in [0.1, 0.15) is 0 Å². The Balaban J connectivity index is 1.77. The normalized spacial score (nSPS) is 14.6. The van der Waals surface area contributed by atoms with Crippen molar-refractivity contribution < 1.29 is 9.53 Å². The van der Waals surface area contributed by atoms with Crippen LogP contribution in [0.4, 0.5) is 0 Å². The van der Waals surface area contributed by atoms with Crippen molar-refractivity contribution in [3.63, 3.8) is 0 Å². The van der Waals surface area contributed by atoms with E-state index in [1.165, 1.54) is 31.7 Å². The molecule has 0 radical (unpaired) electrons. The van der Waals surface area contributed by atoms with Gasteiger partial charge in [-0.05, 0) is 12.8 Å². The van der Waals surface area contributed by atoms with Gasteiger partial charge in [-0.3, -0.25) is 4.79 Å². The quantitative estimate of drug-likeness (QED) is 0.463. The molecule has 1 aliphatic carbocycles. The number of aromatic nitrogens is 2. The van der Waals surface area contributed by atoms with Crippen molar-refractivity contribution >= 4 is 17.7 Å². The lowest BCUT2D eigenvalue weighted by Gasteiger charge is -2.03. The number of hydrogen-bond acceptors (Lipinski definition) is 6. The van der Waals surface area contributed by atoms with E-state index in [0.29, 0.717) is 11.2 Å². The smallest absolute Gasteiger partial charge is 0.316 e. The lowest BCUT2D eigenvalue weighted by molar-refractivity contribution is -0.137. The zero-order valence-corrected chi connectivity index (χ0v) is 10.5. The van der Waals surface area contributed by atoms with Crippen molar-refractivity contribution in [3.05, 3.63) is 18.0 Å². The Morgan fingerprint density at radius 3 is 2.82 bits per heavy atom. The third-order valence-electron chi connectivity index (χ3n) is 2.40. The first-order valence-corrected chi connectivity index (χ1v) is 6.50. The van der Waals surface area contributed by atoms with Crippen LogP contribution in [-0.2, 0) is 16.1 Å². The average molecular weight is 253 g/mol. The molecule has 0 unspecified atom stereocenters. The molecule has 0 saturated heterocycles. The fourth-order valence-electron chi connectivity index (χ4n) is 1.24. The van der Waals surface area contributed by atoms with Crippen LogP contribution in [-0.4, -0.2) is 34.8 Å². The Labute approximate surface area is 104 Å². The Hall–Kier alpha value is -1.14. The van der Waals surface area contributed by atoms with Gasteiger partial charge in [-0.1, -0.05) is 11.8 Å². The van der Waals surface area contributed by atoms with Crippen LogP contribution in [0.1, 0.15) is 18.4 Å². The molecule has 6 heteroatoms. The Morgan fingerprint density at radius 2 is 2.24 bits per heavy atom. The summed E-state index contributed by atoms with van der Waals surface area (Å²) in [6.45, 7) is 0.812. The summed E-state index contributed by atoms with van der Waals surface area (Å²) in [5.74, 6) is -0.0195. The standard InChI is InChI=1S/C11H15N3O2S/c1-16-10(15)7-17-11-13-5-8(6-14-11)4-12-9-2-3-9/h5-6,9,12H,2-4,7H2,1H3. The number of nitrogens with one attached hydrogen (secondary N) is 1. The number of rotatable bonds is 6. The van der Waals surface area contributed by atoms with E-state index < -0.39 is 0 Å². The van der Waals surface area contributed by atoms with Crippen molar-refractivity contribution in [3.8, 4) is 0 Å². The summed E-state index contributed by atoms with van der Waals surface area (Å²) < 4.78 is 4.54. The van der Waals surface area contributed by atoms with Gasteiger partial charge in [0.05, 0.1) is 12.9 Å². The topological polar surface area (TPSA) is 64.1 Å². The van der Waals surface area contributed by atoms with Gasteiger partial charge in [-0.2, -0.15) is 0 Å². The molecule has 1 aromatic heterocycles. The predicted molar refractivity (Wildman–Crippen MR) is 64.6 cm³/mol. The van der Waals surface area contributed by atoms with E-state index in [2.05, 4.69) is 20.0 Å². The number of carbonyl (C=O) groups excluding carboxylic acids is 1. The number of nitrogens with zero attached hydrogens (tertiary/aromatic N) is 2. The number of methoxy groups -OCH3 is 1. The van der Waals surface area contributed by atoms with E-state index in [4.69, 9.17) is 0 Å². The largest absolute Gasteiger partial charge is 0.468 e. The van der Waals surface area contributed by atoms with Crippen LogP contribution in [0.2, 0.25) is 0 Å². The third kappa shape index (κ3) is 4.32. The molecule has 0 bridgehead atoms. The van der Waals surface area contributed by atoms with E-state index in [-0.39, 0.29) is 11.7 Å². The predicted octanol–water partition coefficient (Wildman–Crippen LogP) is 0.994. The maximum Gasteiger partial charge on any atom is 0.316 e. The van der Waals surface area contributed by atoms with Crippen molar-refractivity contribution in [1.82, 2.24) is 15.3 Å². The van der Waals surface area contributed by atoms with Gasteiger partial charge in [-0.15, -0.1) is 0 Å². The maximum atomic E-state index is 10.9. The number of esters is 1. The fraction of sp³-hybridized carbons (Fsp3) is 0.545. The second-order valence-corrected chi connectivity index (χ2v) is 4.84. The molecule has 0 amide bonds. The molecule has 0 aromatic carbocycles. The first-order chi connectivity index (χ1) is 8.28. The van der Waals surface area contributed by atoms with Crippen LogP contribution in [0.25, 0.3) is 0 Å². The number of thioether (sulfide) groups is 1. The van der Waals surface area contributed by atoms with Crippen LogP contribution in [0, 0.1) is 0 Å². The number of carbonyl (C=O) groups is 1. The average Bonchev–Trinajstić information content (AvgIpc) is 3.18. The van der Waals surface area contributed by atoms with Crippen LogP contribution in [0.15, 0.2) is 17.6 Å². The molecule has 92 valence electrons. The van der Waals surface area contributed by atoms with Crippen LogP contribution in [0.3, 0.4) is 0 Å². The Kier molecular flexibility index (Phi) is 4.33. The summed E-state index contributed by atoms with van der Waals surface area (Å²) in [6.07, 6.45) is 6.13. The van der Waals surface area contributed by atoms with E-state index in [1.54, 1.807) is 12.4 Å². The van der Waals surface area contributed by atoms with E-state index in [1.807, 2.05) is 0 Å². The molecule has 1 fully saturated rings. The second kappa shape index (κ2) is 5.97. The first-order valence-electron chi connectivity index (χ1n) is 5.52. The molecule has 1 heterocycles. The molecule has 1 aromatic rings. The van der Waals surface area contributed by atoms with Gasteiger partial charge >= 0.3 is 5.97 Å². The fourth-order valence-corrected chi connectivity index (χ4v) is 1.86. The van der Waals surface area contributed by atoms with Crippen molar-refractivity contribution in [2.45, 2.75) is 30.6 Å². The Morgan fingerprint density at radius 1 is 1.53 bits per heavy atom. The van der Waals surface area contributed by atoms with E-state index >= 15 is 0 Å². The number of ether oxygens (including phenoxy) is 1. The minimum absolute atomic E-state index is 0.246. The van der Waals surface area contributed by atoms with Gasteiger partial charge < -0.3 is 10.1 Å². The highest BCUT2D eigenvalue weighted by Crippen LogP contribution is 2.19. The van der Waals surface area contributed by atoms with Crippen LogP contribution in [0.5, 0.6) is 0 Å². The summed E-state index contributed by atoms with van der Waals surface area (Å²) in [5.41, 5.74) is 1.07. The highest BCUT2D eigenvalue weighted by Gasteiger charge is 2.19. The summed E-state index contributed by atoms with van der Waals surface area (Å²) in [6, 6.07) is 0.684. The molecule has 0 aliphatic heterocycles. The van der Waals surface area contributed by atoms with Gasteiger partial charge in [0, 0.05) is 30.5 Å². The Bertz CT molecular complexity index is 379.